The van der Waals surface area contributed by atoms with Gasteiger partial charge in [0.1, 0.15) is 6.04 Å². The molecule has 0 heterocycles. The standard InChI is InChI=1S/C13H23NO3/c1-3-11(8-10-6-4-5-7-10)12(15)14-9(2)13(16)17/h9-11H,3-8H2,1-2H3,(H,14,15)(H,16,17). The Hall–Kier alpha value is -1.06. The summed E-state index contributed by atoms with van der Waals surface area (Å²) in [5.41, 5.74) is 0. The van der Waals surface area contributed by atoms with Gasteiger partial charge in [-0.2, -0.15) is 0 Å². The Bertz CT molecular complexity index is 272. The zero-order chi connectivity index (χ0) is 12.8. The summed E-state index contributed by atoms with van der Waals surface area (Å²) in [4.78, 5) is 22.6. The molecule has 1 fully saturated rings. The van der Waals surface area contributed by atoms with E-state index in [-0.39, 0.29) is 11.8 Å². The highest BCUT2D eigenvalue weighted by atomic mass is 16.4. The van der Waals surface area contributed by atoms with Crippen LogP contribution in [0.15, 0.2) is 0 Å². The lowest BCUT2D eigenvalue weighted by Crippen LogP contribution is -2.41. The Morgan fingerprint density at radius 2 is 1.94 bits per heavy atom. The SMILES string of the molecule is CCC(CC1CCCC1)C(=O)NC(C)C(=O)O. The van der Waals surface area contributed by atoms with E-state index < -0.39 is 12.0 Å². The average molecular weight is 241 g/mol. The third-order valence-electron chi connectivity index (χ3n) is 3.69. The number of rotatable bonds is 6. The monoisotopic (exact) mass is 241 g/mol. The zero-order valence-electron chi connectivity index (χ0n) is 10.7. The van der Waals surface area contributed by atoms with Gasteiger partial charge in [-0.05, 0) is 25.7 Å². The highest BCUT2D eigenvalue weighted by molar-refractivity contribution is 5.84. The lowest BCUT2D eigenvalue weighted by Gasteiger charge is -2.20. The number of carbonyl (C=O) groups excluding carboxylic acids is 1. The summed E-state index contributed by atoms with van der Waals surface area (Å²) < 4.78 is 0. The van der Waals surface area contributed by atoms with E-state index in [0.717, 1.165) is 12.8 Å². The summed E-state index contributed by atoms with van der Waals surface area (Å²) in [6, 6.07) is -0.792. The van der Waals surface area contributed by atoms with E-state index in [2.05, 4.69) is 5.32 Å². The van der Waals surface area contributed by atoms with Crippen LogP contribution in [0.25, 0.3) is 0 Å². The van der Waals surface area contributed by atoms with Crippen molar-refractivity contribution in [1.82, 2.24) is 5.32 Å². The minimum Gasteiger partial charge on any atom is -0.480 e. The topological polar surface area (TPSA) is 66.4 Å². The molecule has 1 aliphatic carbocycles. The van der Waals surface area contributed by atoms with Crippen molar-refractivity contribution in [1.29, 1.82) is 0 Å². The second kappa shape index (κ2) is 6.62. The van der Waals surface area contributed by atoms with Crippen LogP contribution in [0.3, 0.4) is 0 Å². The van der Waals surface area contributed by atoms with Crippen LogP contribution in [0.5, 0.6) is 0 Å². The van der Waals surface area contributed by atoms with Crippen LogP contribution in [0.4, 0.5) is 0 Å². The first-order chi connectivity index (χ1) is 8.04. The molecule has 0 aliphatic heterocycles. The zero-order valence-corrected chi connectivity index (χ0v) is 10.7. The number of carbonyl (C=O) groups is 2. The molecular formula is C13H23NO3. The van der Waals surface area contributed by atoms with E-state index >= 15 is 0 Å². The van der Waals surface area contributed by atoms with Gasteiger partial charge < -0.3 is 10.4 Å². The predicted molar refractivity (Wildman–Crippen MR) is 65.6 cm³/mol. The molecule has 0 aromatic rings. The van der Waals surface area contributed by atoms with Gasteiger partial charge in [-0.15, -0.1) is 0 Å². The number of hydrogen-bond acceptors (Lipinski definition) is 2. The molecule has 4 nitrogen and oxygen atoms in total. The molecule has 17 heavy (non-hydrogen) atoms. The number of aliphatic carboxylic acids is 1. The van der Waals surface area contributed by atoms with Crippen LogP contribution in [-0.4, -0.2) is 23.0 Å². The van der Waals surface area contributed by atoms with Gasteiger partial charge in [0.2, 0.25) is 5.91 Å². The van der Waals surface area contributed by atoms with Crippen molar-refractivity contribution < 1.29 is 14.7 Å². The third kappa shape index (κ3) is 4.36. The second-order valence-corrected chi connectivity index (χ2v) is 5.06. The van der Waals surface area contributed by atoms with E-state index in [1.165, 1.54) is 32.6 Å². The van der Waals surface area contributed by atoms with Crippen molar-refractivity contribution in [2.24, 2.45) is 11.8 Å². The highest BCUT2D eigenvalue weighted by Crippen LogP contribution is 2.31. The van der Waals surface area contributed by atoms with Crippen LogP contribution in [0.2, 0.25) is 0 Å². The van der Waals surface area contributed by atoms with E-state index in [4.69, 9.17) is 5.11 Å². The maximum absolute atomic E-state index is 11.9. The number of nitrogens with one attached hydrogen (secondary N) is 1. The van der Waals surface area contributed by atoms with Gasteiger partial charge in [-0.25, -0.2) is 0 Å². The molecule has 0 radical (unpaired) electrons. The molecule has 0 aromatic carbocycles. The Morgan fingerprint density at radius 1 is 1.35 bits per heavy atom. The van der Waals surface area contributed by atoms with Crippen LogP contribution >= 0.6 is 0 Å². The van der Waals surface area contributed by atoms with E-state index in [1.807, 2.05) is 6.92 Å². The lowest BCUT2D eigenvalue weighted by atomic mass is 9.90. The smallest absolute Gasteiger partial charge is 0.325 e. The van der Waals surface area contributed by atoms with Gasteiger partial charge in [-0.3, -0.25) is 9.59 Å². The summed E-state index contributed by atoms with van der Waals surface area (Å²) >= 11 is 0. The molecule has 1 amide bonds. The first-order valence-electron chi connectivity index (χ1n) is 6.57. The molecule has 0 bridgehead atoms. The van der Waals surface area contributed by atoms with Gasteiger partial charge in [0, 0.05) is 5.92 Å². The van der Waals surface area contributed by atoms with Crippen molar-refractivity contribution >= 4 is 11.9 Å². The lowest BCUT2D eigenvalue weighted by molar-refractivity contribution is -0.142. The predicted octanol–water partition coefficient (Wildman–Crippen LogP) is 2.18. The molecule has 0 saturated heterocycles. The Balaban J connectivity index is 2.42. The van der Waals surface area contributed by atoms with Crippen molar-refractivity contribution in [3.63, 3.8) is 0 Å². The van der Waals surface area contributed by atoms with E-state index in [9.17, 15) is 9.59 Å². The maximum Gasteiger partial charge on any atom is 0.325 e. The first-order valence-corrected chi connectivity index (χ1v) is 6.57. The molecule has 4 heteroatoms. The van der Waals surface area contributed by atoms with Crippen molar-refractivity contribution in [2.45, 2.75) is 58.4 Å². The normalized spacial score (nSPS) is 19.9. The fraction of sp³-hybridized carbons (Fsp3) is 0.846. The van der Waals surface area contributed by atoms with Crippen LogP contribution in [0, 0.1) is 11.8 Å². The molecule has 2 N–H and O–H groups in total. The number of hydrogen-bond donors (Lipinski definition) is 2. The second-order valence-electron chi connectivity index (χ2n) is 5.06. The molecular weight excluding hydrogens is 218 g/mol. The molecule has 0 spiro atoms. The van der Waals surface area contributed by atoms with E-state index in [0.29, 0.717) is 5.92 Å². The molecule has 0 aromatic heterocycles. The fourth-order valence-corrected chi connectivity index (χ4v) is 2.50. The molecule has 98 valence electrons. The molecule has 2 unspecified atom stereocenters. The van der Waals surface area contributed by atoms with Gasteiger partial charge in [0.25, 0.3) is 0 Å². The van der Waals surface area contributed by atoms with Gasteiger partial charge in [0.15, 0.2) is 0 Å². The Morgan fingerprint density at radius 3 is 2.41 bits per heavy atom. The fourth-order valence-electron chi connectivity index (χ4n) is 2.50. The number of amides is 1. The summed E-state index contributed by atoms with van der Waals surface area (Å²) in [5, 5.41) is 11.3. The van der Waals surface area contributed by atoms with Crippen molar-refractivity contribution in [3.8, 4) is 0 Å². The number of carboxylic acid groups (broad SMARTS) is 1. The van der Waals surface area contributed by atoms with E-state index in [1.54, 1.807) is 0 Å². The summed E-state index contributed by atoms with van der Waals surface area (Å²) in [7, 11) is 0. The quantitative estimate of drug-likeness (QED) is 0.749. The minimum absolute atomic E-state index is 0.0279. The van der Waals surface area contributed by atoms with Gasteiger partial charge >= 0.3 is 5.97 Å². The largest absolute Gasteiger partial charge is 0.480 e. The van der Waals surface area contributed by atoms with Crippen LogP contribution in [0.1, 0.15) is 52.4 Å². The van der Waals surface area contributed by atoms with Gasteiger partial charge in [-0.1, -0.05) is 32.6 Å². The maximum atomic E-state index is 11.9. The third-order valence-corrected chi connectivity index (χ3v) is 3.69. The van der Waals surface area contributed by atoms with Crippen molar-refractivity contribution in [3.05, 3.63) is 0 Å². The van der Waals surface area contributed by atoms with Gasteiger partial charge in [0.05, 0.1) is 0 Å². The summed E-state index contributed by atoms with van der Waals surface area (Å²) in [6.07, 6.45) is 6.68. The minimum atomic E-state index is -0.978. The molecule has 1 rings (SSSR count). The average Bonchev–Trinajstić information content (AvgIpc) is 2.78. The first kappa shape index (κ1) is 14.0. The molecule has 1 saturated carbocycles. The van der Waals surface area contributed by atoms with Crippen molar-refractivity contribution in [2.75, 3.05) is 0 Å². The van der Waals surface area contributed by atoms with Crippen LogP contribution in [-0.2, 0) is 9.59 Å². The number of carboxylic acids is 1. The summed E-state index contributed by atoms with van der Waals surface area (Å²) in [5.74, 6) is -0.450. The highest BCUT2D eigenvalue weighted by Gasteiger charge is 2.25. The molecule has 1 aliphatic rings. The molecule has 2 atom stereocenters. The van der Waals surface area contributed by atoms with Crippen LogP contribution < -0.4 is 5.32 Å². The Labute approximate surface area is 103 Å². The Kier molecular flexibility index (Phi) is 5.45. The summed E-state index contributed by atoms with van der Waals surface area (Å²) in [6.45, 7) is 3.49.